The van der Waals surface area contributed by atoms with Gasteiger partial charge in [-0.2, -0.15) is 11.8 Å². The quantitative estimate of drug-likeness (QED) is 0.622. The maximum atomic E-state index is 12.4. The Morgan fingerprint density at radius 2 is 2.32 bits per heavy atom. The predicted octanol–water partition coefficient (Wildman–Crippen LogP) is 2.83. The van der Waals surface area contributed by atoms with Crippen LogP contribution >= 0.6 is 23.4 Å². The number of rotatable bonds is 2. The molecule has 1 saturated heterocycles. The van der Waals surface area contributed by atoms with Gasteiger partial charge in [0, 0.05) is 30.2 Å². The van der Waals surface area contributed by atoms with E-state index in [1.165, 1.54) is 18.2 Å². The minimum absolute atomic E-state index is 0.0802. The van der Waals surface area contributed by atoms with Crippen molar-refractivity contribution in [2.45, 2.75) is 12.2 Å². The summed E-state index contributed by atoms with van der Waals surface area (Å²) in [6.45, 7) is 3.34. The second-order valence-electron chi connectivity index (χ2n) is 4.33. The molecule has 1 atom stereocenters. The minimum atomic E-state index is -0.576. The first-order valence-electron chi connectivity index (χ1n) is 5.84. The van der Waals surface area contributed by atoms with Crippen LogP contribution in [0.4, 0.5) is 5.69 Å². The number of carbonyl (C=O) groups is 1. The number of nitro benzene ring substituents is 1. The van der Waals surface area contributed by atoms with Crippen molar-refractivity contribution in [2.24, 2.45) is 0 Å². The first-order chi connectivity index (χ1) is 9.00. The lowest BCUT2D eigenvalue weighted by atomic mass is 10.1. The lowest BCUT2D eigenvalue weighted by Crippen LogP contribution is -2.41. The van der Waals surface area contributed by atoms with E-state index in [2.05, 4.69) is 6.92 Å². The number of benzene rings is 1. The Hall–Kier alpha value is -1.27. The molecule has 1 unspecified atom stereocenters. The van der Waals surface area contributed by atoms with Crippen LogP contribution in [0.5, 0.6) is 0 Å². The van der Waals surface area contributed by atoms with Crippen molar-refractivity contribution in [3.05, 3.63) is 38.9 Å². The van der Waals surface area contributed by atoms with E-state index in [0.717, 1.165) is 5.75 Å². The highest BCUT2D eigenvalue weighted by Crippen LogP contribution is 2.29. The molecule has 19 heavy (non-hydrogen) atoms. The molecule has 0 radical (unpaired) electrons. The van der Waals surface area contributed by atoms with E-state index in [9.17, 15) is 14.9 Å². The van der Waals surface area contributed by atoms with Crippen LogP contribution in [-0.4, -0.2) is 39.8 Å². The Bertz CT molecular complexity index is 524. The third-order valence-electron chi connectivity index (χ3n) is 2.93. The Kier molecular flexibility index (Phi) is 4.31. The molecule has 1 aliphatic heterocycles. The lowest BCUT2D eigenvalue weighted by Gasteiger charge is -2.30. The number of hydrogen-bond donors (Lipinski definition) is 0. The number of carbonyl (C=O) groups excluding carboxylic acids is 1. The van der Waals surface area contributed by atoms with Gasteiger partial charge >= 0.3 is 0 Å². The zero-order valence-corrected chi connectivity index (χ0v) is 11.9. The molecule has 1 amide bonds. The maximum Gasteiger partial charge on any atom is 0.288 e. The van der Waals surface area contributed by atoms with E-state index in [1.54, 1.807) is 4.90 Å². The van der Waals surface area contributed by atoms with Crippen LogP contribution < -0.4 is 0 Å². The lowest BCUT2D eigenvalue weighted by molar-refractivity contribution is -0.384. The van der Waals surface area contributed by atoms with Crippen LogP contribution in [0.3, 0.4) is 0 Å². The number of halogens is 1. The Morgan fingerprint density at radius 1 is 1.58 bits per heavy atom. The van der Waals surface area contributed by atoms with Gasteiger partial charge in [-0.1, -0.05) is 24.6 Å². The van der Waals surface area contributed by atoms with Gasteiger partial charge < -0.3 is 4.90 Å². The number of amides is 1. The molecular weight excluding hydrogens is 288 g/mol. The normalized spacial score (nSPS) is 19.3. The van der Waals surface area contributed by atoms with Gasteiger partial charge in [-0.15, -0.1) is 0 Å². The third kappa shape index (κ3) is 3.01. The van der Waals surface area contributed by atoms with Crippen LogP contribution in [0.15, 0.2) is 18.2 Å². The standard InChI is InChI=1S/C12H13ClN2O3S/c1-8-7-14(5-6-19-8)12(16)9-3-2-4-10(11(9)13)15(17)18/h2-4,8H,5-7H2,1H3. The van der Waals surface area contributed by atoms with Gasteiger partial charge in [0.05, 0.1) is 10.5 Å². The molecule has 0 saturated carbocycles. The van der Waals surface area contributed by atoms with Crippen LogP contribution in [0.2, 0.25) is 5.02 Å². The third-order valence-corrected chi connectivity index (χ3v) is 4.47. The van der Waals surface area contributed by atoms with Crippen molar-refractivity contribution in [2.75, 3.05) is 18.8 Å². The summed E-state index contributed by atoms with van der Waals surface area (Å²) in [6, 6.07) is 4.32. The molecule has 0 bridgehead atoms. The molecule has 0 aromatic heterocycles. The van der Waals surface area contributed by atoms with E-state index < -0.39 is 4.92 Å². The summed E-state index contributed by atoms with van der Waals surface area (Å²) in [5.74, 6) is 0.639. The van der Waals surface area contributed by atoms with Crippen LogP contribution in [0.1, 0.15) is 17.3 Å². The van der Waals surface area contributed by atoms with Gasteiger partial charge in [-0.25, -0.2) is 0 Å². The monoisotopic (exact) mass is 300 g/mol. The van der Waals surface area contributed by atoms with Crippen LogP contribution in [-0.2, 0) is 0 Å². The SMILES string of the molecule is CC1CN(C(=O)c2cccc([N+](=O)[O-])c2Cl)CCS1. The molecule has 7 heteroatoms. The van der Waals surface area contributed by atoms with Crippen molar-refractivity contribution < 1.29 is 9.72 Å². The summed E-state index contributed by atoms with van der Waals surface area (Å²) in [5, 5.41) is 11.1. The van der Waals surface area contributed by atoms with Gasteiger partial charge in [0.15, 0.2) is 0 Å². The number of nitrogens with zero attached hydrogens (tertiary/aromatic N) is 2. The molecule has 1 fully saturated rings. The summed E-state index contributed by atoms with van der Waals surface area (Å²) < 4.78 is 0. The van der Waals surface area contributed by atoms with E-state index in [1.807, 2.05) is 11.8 Å². The van der Waals surface area contributed by atoms with Gasteiger partial charge in [-0.3, -0.25) is 14.9 Å². The predicted molar refractivity (Wildman–Crippen MR) is 75.9 cm³/mol. The maximum absolute atomic E-state index is 12.4. The fraction of sp³-hybridized carbons (Fsp3) is 0.417. The van der Waals surface area contributed by atoms with E-state index in [-0.39, 0.29) is 22.2 Å². The molecule has 0 spiro atoms. The first kappa shape index (κ1) is 14.1. The Balaban J connectivity index is 2.28. The smallest absolute Gasteiger partial charge is 0.288 e. The van der Waals surface area contributed by atoms with Gasteiger partial charge in [0.1, 0.15) is 5.02 Å². The van der Waals surface area contributed by atoms with Crippen molar-refractivity contribution >= 4 is 35.0 Å². The van der Waals surface area contributed by atoms with E-state index in [4.69, 9.17) is 11.6 Å². The largest absolute Gasteiger partial charge is 0.337 e. The molecular formula is C12H13ClN2O3S. The van der Waals surface area contributed by atoms with E-state index in [0.29, 0.717) is 18.3 Å². The highest BCUT2D eigenvalue weighted by molar-refractivity contribution is 7.99. The molecule has 1 aromatic carbocycles. The number of thioether (sulfide) groups is 1. The Morgan fingerprint density at radius 3 is 2.95 bits per heavy atom. The fourth-order valence-corrected chi connectivity index (χ4v) is 3.29. The van der Waals surface area contributed by atoms with Gasteiger partial charge in [0.25, 0.3) is 11.6 Å². The van der Waals surface area contributed by atoms with Crippen molar-refractivity contribution in [3.63, 3.8) is 0 Å². The number of nitro groups is 1. The molecule has 2 rings (SSSR count). The molecule has 5 nitrogen and oxygen atoms in total. The molecule has 1 aromatic rings. The second kappa shape index (κ2) is 5.79. The highest BCUT2D eigenvalue weighted by atomic mass is 35.5. The average molecular weight is 301 g/mol. The molecule has 102 valence electrons. The summed E-state index contributed by atoms with van der Waals surface area (Å²) in [7, 11) is 0. The summed E-state index contributed by atoms with van der Waals surface area (Å²) >= 11 is 7.77. The molecule has 0 aliphatic carbocycles. The second-order valence-corrected chi connectivity index (χ2v) is 6.25. The minimum Gasteiger partial charge on any atom is -0.337 e. The molecule has 0 N–H and O–H groups in total. The molecule has 1 heterocycles. The summed E-state index contributed by atoms with van der Waals surface area (Å²) in [4.78, 5) is 24.3. The first-order valence-corrected chi connectivity index (χ1v) is 7.27. The van der Waals surface area contributed by atoms with Crippen LogP contribution in [0, 0.1) is 10.1 Å². The topological polar surface area (TPSA) is 63.5 Å². The zero-order valence-electron chi connectivity index (χ0n) is 10.3. The van der Waals surface area contributed by atoms with Crippen molar-refractivity contribution in [1.29, 1.82) is 0 Å². The van der Waals surface area contributed by atoms with Crippen molar-refractivity contribution in [1.82, 2.24) is 4.90 Å². The fourth-order valence-electron chi connectivity index (χ4n) is 2.00. The molecule has 1 aliphatic rings. The Labute approximate surface area is 120 Å². The van der Waals surface area contributed by atoms with Gasteiger partial charge in [0.2, 0.25) is 0 Å². The van der Waals surface area contributed by atoms with Gasteiger partial charge in [-0.05, 0) is 6.07 Å². The summed E-state index contributed by atoms with van der Waals surface area (Å²) in [6.07, 6.45) is 0. The zero-order chi connectivity index (χ0) is 14.0. The highest BCUT2D eigenvalue weighted by Gasteiger charge is 2.26. The number of hydrogen-bond acceptors (Lipinski definition) is 4. The van der Waals surface area contributed by atoms with Crippen molar-refractivity contribution in [3.8, 4) is 0 Å². The van der Waals surface area contributed by atoms with E-state index >= 15 is 0 Å². The summed E-state index contributed by atoms with van der Waals surface area (Å²) in [5.41, 5.74) is -0.0260. The van der Waals surface area contributed by atoms with Crippen LogP contribution in [0.25, 0.3) is 0 Å². The average Bonchev–Trinajstić information content (AvgIpc) is 2.38.